The number of anilines is 2. The molecule has 0 saturated heterocycles. The van der Waals surface area contributed by atoms with Crippen LogP contribution in [0.1, 0.15) is 42.3 Å². The van der Waals surface area contributed by atoms with E-state index in [2.05, 4.69) is 15.5 Å². The molecule has 1 aliphatic carbocycles. The van der Waals surface area contributed by atoms with Crippen molar-refractivity contribution in [3.63, 3.8) is 0 Å². The Bertz CT molecular complexity index is 1830. The van der Waals surface area contributed by atoms with Crippen LogP contribution in [-0.4, -0.2) is 49.5 Å². The highest BCUT2D eigenvalue weighted by atomic mass is 32.2. The number of hydrogen-bond acceptors (Lipinski definition) is 7. The van der Waals surface area contributed by atoms with Gasteiger partial charge in [0.2, 0.25) is 5.91 Å². The summed E-state index contributed by atoms with van der Waals surface area (Å²) in [6.07, 6.45) is -3.27. The third kappa shape index (κ3) is 6.85. The average Bonchev–Trinajstić information content (AvgIpc) is 3.58. The normalized spacial score (nSPS) is 14.3. The van der Waals surface area contributed by atoms with Gasteiger partial charge in [-0.1, -0.05) is 12.1 Å². The molecule has 8 nitrogen and oxygen atoms in total. The molecule has 0 atom stereocenters. The van der Waals surface area contributed by atoms with Gasteiger partial charge in [0, 0.05) is 17.4 Å². The van der Waals surface area contributed by atoms with Crippen LogP contribution >= 0.6 is 0 Å². The van der Waals surface area contributed by atoms with E-state index in [9.17, 15) is 35.2 Å². The molecule has 0 spiro atoms. The van der Waals surface area contributed by atoms with Crippen LogP contribution in [0.2, 0.25) is 0 Å². The van der Waals surface area contributed by atoms with Gasteiger partial charge in [0.1, 0.15) is 18.2 Å². The summed E-state index contributed by atoms with van der Waals surface area (Å²) in [5, 5.41) is 6.75. The van der Waals surface area contributed by atoms with Crippen molar-refractivity contribution < 1.29 is 39.7 Å². The van der Waals surface area contributed by atoms with E-state index < -0.39 is 52.1 Å². The maximum Gasteiger partial charge on any atom is 0.405 e. The second-order valence-electron chi connectivity index (χ2n) is 11.0. The number of aryl methyl sites for hydroxylation is 2. The van der Waals surface area contributed by atoms with Gasteiger partial charge in [-0.05, 0) is 91.9 Å². The molecule has 14 heteroatoms. The quantitative estimate of drug-likeness (QED) is 0.196. The van der Waals surface area contributed by atoms with Crippen molar-refractivity contribution in [3.05, 3.63) is 88.7 Å². The first-order valence-electron chi connectivity index (χ1n) is 14.0. The highest BCUT2D eigenvalue weighted by molar-refractivity contribution is 7.91. The molecule has 238 valence electrons. The zero-order valence-corrected chi connectivity index (χ0v) is 25.3. The van der Waals surface area contributed by atoms with Gasteiger partial charge in [0.25, 0.3) is 5.89 Å². The van der Waals surface area contributed by atoms with Gasteiger partial charge in [-0.2, -0.15) is 18.2 Å². The number of carbonyl (C=O) groups is 1. The first-order valence-corrected chi connectivity index (χ1v) is 15.6. The monoisotopic (exact) mass is 648 g/mol. The van der Waals surface area contributed by atoms with Gasteiger partial charge < -0.3 is 14.7 Å². The lowest BCUT2D eigenvalue weighted by molar-refractivity contribution is -0.122. The van der Waals surface area contributed by atoms with Crippen LogP contribution in [0.5, 0.6) is 0 Å². The molecule has 0 aliphatic heterocycles. The predicted molar refractivity (Wildman–Crippen MR) is 157 cm³/mol. The number of carbonyl (C=O) groups excluding carboxylic acids is 1. The van der Waals surface area contributed by atoms with E-state index in [0.717, 1.165) is 33.7 Å². The summed E-state index contributed by atoms with van der Waals surface area (Å²) in [5.74, 6) is -2.19. The summed E-state index contributed by atoms with van der Waals surface area (Å²) in [5.41, 5.74) is 2.18. The molecule has 0 bridgehead atoms. The Hall–Kier alpha value is -4.33. The van der Waals surface area contributed by atoms with Crippen molar-refractivity contribution in [1.82, 2.24) is 10.1 Å². The summed E-state index contributed by atoms with van der Waals surface area (Å²) < 4.78 is 97.4. The first-order chi connectivity index (χ1) is 21.1. The molecule has 1 N–H and O–H groups in total. The maximum absolute atomic E-state index is 14.3. The van der Waals surface area contributed by atoms with Gasteiger partial charge in [0.15, 0.2) is 15.7 Å². The predicted octanol–water partition coefficient (Wildman–Crippen LogP) is 6.51. The minimum atomic E-state index is -4.63. The number of hydrogen-bond donors (Lipinski definition) is 1. The van der Waals surface area contributed by atoms with Crippen molar-refractivity contribution in [2.75, 3.05) is 29.1 Å². The largest absolute Gasteiger partial charge is 0.405 e. The van der Waals surface area contributed by atoms with Crippen molar-refractivity contribution in [3.8, 4) is 11.5 Å². The molecular formula is C31H29F5N4O4S. The number of rotatable bonds is 10. The van der Waals surface area contributed by atoms with Crippen LogP contribution in [0.15, 0.2) is 64.0 Å². The third-order valence-electron chi connectivity index (χ3n) is 7.71. The van der Waals surface area contributed by atoms with E-state index in [4.69, 9.17) is 4.52 Å². The number of halogens is 5. The molecule has 1 heterocycles. The molecule has 5 rings (SSSR count). The van der Waals surface area contributed by atoms with E-state index in [1.807, 2.05) is 13.8 Å². The summed E-state index contributed by atoms with van der Waals surface area (Å²) in [7, 11) is -3.55. The van der Waals surface area contributed by atoms with E-state index >= 15 is 0 Å². The number of nitrogens with one attached hydrogen (secondary N) is 1. The summed E-state index contributed by atoms with van der Waals surface area (Å²) in [6.45, 7) is 3.04. The standard InChI is InChI=1S/C31H29F5N4O4S/c1-4-45(42,43)23-8-6-22(7-9-23)40(17-31(34,35)36)16-26(41)37-21-13-18(2)27(19(3)14-21)30(11-12-30)29-38-28(44-39-29)24-10-5-20(32)15-25(24)33/h5-10,13-15H,4,11-12,16-17H2,1-3H3,(H,37,41). The highest BCUT2D eigenvalue weighted by Crippen LogP contribution is 2.55. The molecule has 1 aliphatic rings. The Morgan fingerprint density at radius 3 is 2.22 bits per heavy atom. The fourth-order valence-corrected chi connectivity index (χ4v) is 6.43. The van der Waals surface area contributed by atoms with Gasteiger partial charge >= 0.3 is 6.18 Å². The molecule has 1 fully saturated rings. The molecule has 3 aromatic carbocycles. The van der Waals surface area contributed by atoms with Crippen LogP contribution in [0.3, 0.4) is 0 Å². The van der Waals surface area contributed by atoms with E-state index in [1.165, 1.54) is 37.3 Å². The number of sulfone groups is 1. The van der Waals surface area contributed by atoms with Crippen LogP contribution in [-0.2, 0) is 20.0 Å². The van der Waals surface area contributed by atoms with Crippen LogP contribution in [0.25, 0.3) is 11.5 Å². The molecule has 0 radical (unpaired) electrons. The van der Waals surface area contributed by atoms with Crippen LogP contribution < -0.4 is 10.2 Å². The molecule has 45 heavy (non-hydrogen) atoms. The minimum absolute atomic E-state index is 0.0238. The van der Waals surface area contributed by atoms with Crippen LogP contribution in [0, 0.1) is 25.5 Å². The number of nitrogens with zero attached hydrogens (tertiary/aromatic N) is 3. The lowest BCUT2D eigenvalue weighted by atomic mass is 9.87. The Morgan fingerprint density at radius 2 is 1.67 bits per heavy atom. The van der Waals surface area contributed by atoms with Gasteiger partial charge in [-0.25, -0.2) is 17.2 Å². The maximum atomic E-state index is 14.3. The lowest BCUT2D eigenvalue weighted by Gasteiger charge is -2.26. The second kappa shape index (κ2) is 11.9. The smallest absolute Gasteiger partial charge is 0.353 e. The number of amides is 1. The molecule has 1 amide bonds. The van der Waals surface area contributed by atoms with Crippen molar-refractivity contribution >= 4 is 27.1 Å². The Kier molecular flexibility index (Phi) is 8.47. The van der Waals surface area contributed by atoms with Crippen molar-refractivity contribution in [1.29, 1.82) is 0 Å². The summed E-state index contributed by atoms with van der Waals surface area (Å²) >= 11 is 0. The number of benzene rings is 3. The summed E-state index contributed by atoms with van der Waals surface area (Å²) in [4.78, 5) is 18.2. The van der Waals surface area contributed by atoms with E-state index in [0.29, 0.717) is 24.4 Å². The van der Waals surface area contributed by atoms with E-state index in [-0.39, 0.29) is 27.8 Å². The zero-order valence-electron chi connectivity index (χ0n) is 24.5. The average molecular weight is 649 g/mol. The zero-order chi connectivity index (χ0) is 32.7. The first kappa shape index (κ1) is 32.1. The Morgan fingerprint density at radius 1 is 1.02 bits per heavy atom. The van der Waals surface area contributed by atoms with Gasteiger partial charge in [-0.15, -0.1) is 0 Å². The second-order valence-corrected chi connectivity index (χ2v) is 13.3. The fourth-order valence-electron chi connectivity index (χ4n) is 5.55. The molecule has 1 saturated carbocycles. The molecular weight excluding hydrogens is 619 g/mol. The fraction of sp³-hybridized carbons (Fsp3) is 0.323. The molecule has 4 aromatic rings. The molecule has 0 unspecified atom stereocenters. The SMILES string of the molecule is CCS(=O)(=O)c1ccc(N(CC(=O)Nc2cc(C)c(C3(c4noc(-c5ccc(F)cc5F)n4)CC3)c(C)c2)CC(F)(F)F)cc1. The van der Waals surface area contributed by atoms with Crippen molar-refractivity contribution in [2.24, 2.45) is 0 Å². The van der Waals surface area contributed by atoms with E-state index in [1.54, 1.807) is 12.1 Å². The topological polar surface area (TPSA) is 105 Å². The number of alkyl halides is 3. The molecule has 1 aromatic heterocycles. The van der Waals surface area contributed by atoms with Gasteiger partial charge in [-0.3, -0.25) is 4.79 Å². The highest BCUT2D eigenvalue weighted by Gasteiger charge is 2.51. The lowest BCUT2D eigenvalue weighted by Crippen LogP contribution is -2.39. The Balaban J connectivity index is 1.35. The number of aromatic nitrogens is 2. The van der Waals surface area contributed by atoms with Crippen molar-refractivity contribution in [2.45, 2.75) is 50.1 Å². The van der Waals surface area contributed by atoms with Gasteiger partial charge in [0.05, 0.1) is 28.2 Å². The minimum Gasteiger partial charge on any atom is -0.353 e. The third-order valence-corrected chi connectivity index (χ3v) is 9.46. The Labute approximate surface area is 256 Å². The van der Waals surface area contributed by atoms with Crippen LogP contribution in [0.4, 0.5) is 33.3 Å². The summed E-state index contributed by atoms with van der Waals surface area (Å²) in [6, 6.07) is 11.4.